The molecule has 43 heavy (non-hydrogen) atoms. The molecule has 0 saturated heterocycles. The summed E-state index contributed by atoms with van der Waals surface area (Å²) in [5.41, 5.74) is 4.71. The number of esters is 1. The lowest BCUT2D eigenvalue weighted by molar-refractivity contribution is -0.151. The molecule has 4 atom stereocenters. The lowest BCUT2D eigenvalue weighted by Crippen LogP contribution is -2.39. The topological polar surface area (TPSA) is 83.4 Å². The van der Waals surface area contributed by atoms with Crippen LogP contribution >= 0.6 is 0 Å². The summed E-state index contributed by atoms with van der Waals surface area (Å²) in [5.74, 6) is 0.0814. The summed E-state index contributed by atoms with van der Waals surface area (Å²) < 4.78 is 23.1. The number of para-hydroxylation sites is 1. The van der Waals surface area contributed by atoms with Gasteiger partial charge in [-0.15, -0.1) is 0 Å². The molecule has 0 amide bonds. The van der Waals surface area contributed by atoms with Crippen molar-refractivity contribution < 1.29 is 28.5 Å². The van der Waals surface area contributed by atoms with E-state index in [0.717, 1.165) is 16.7 Å². The number of Topliss-reactive ketones (excluding diaryl/α,β-unsaturated/α-hetero) is 1. The number of ether oxygens (including phenoxy) is 4. The second-order valence-electron chi connectivity index (χ2n) is 11.2. The van der Waals surface area contributed by atoms with Gasteiger partial charge >= 0.3 is 5.97 Å². The van der Waals surface area contributed by atoms with Crippen LogP contribution < -0.4 is 14.2 Å². The number of carbonyl (C=O) groups is 2. The highest BCUT2D eigenvalue weighted by Gasteiger charge is 2.46. The summed E-state index contributed by atoms with van der Waals surface area (Å²) in [6, 6.07) is 23.4. The molecule has 1 aliphatic heterocycles. The molecule has 224 valence electrons. The van der Waals surface area contributed by atoms with Crippen LogP contribution in [0.2, 0.25) is 0 Å². The van der Waals surface area contributed by atoms with E-state index in [4.69, 9.17) is 23.9 Å². The van der Waals surface area contributed by atoms with Gasteiger partial charge in [0.25, 0.3) is 0 Å². The fourth-order valence-corrected chi connectivity index (χ4v) is 6.00. The van der Waals surface area contributed by atoms with Crippen LogP contribution in [0, 0.1) is 5.92 Å². The van der Waals surface area contributed by atoms with E-state index in [0.29, 0.717) is 60.1 Å². The maximum absolute atomic E-state index is 14.1. The van der Waals surface area contributed by atoms with E-state index in [-0.39, 0.29) is 23.8 Å². The standard InChI is InChI=1S/C36H39NO6/c1-6-22(2)43-36(39)33-23(3)37-28-18-26(25-16-17-31(40-4)32(20-25)41-5)19-29(38)35(28)34(33)27-14-10-11-15-30(27)42-21-24-12-8-7-9-13-24/h7-17,20,22,26,33-34H,6,18-19,21H2,1-5H3/t22-,26+,33?,34-/m0/s1. The number of rotatable bonds is 10. The molecule has 3 aromatic carbocycles. The van der Waals surface area contributed by atoms with E-state index in [1.54, 1.807) is 14.2 Å². The highest BCUT2D eigenvalue weighted by Crippen LogP contribution is 2.49. The normalized spacial score (nSPS) is 20.5. The molecule has 2 aliphatic rings. The molecular weight excluding hydrogens is 542 g/mol. The van der Waals surface area contributed by atoms with Gasteiger partial charge in [0, 0.05) is 34.9 Å². The number of nitrogens with zero attached hydrogens (tertiary/aromatic N) is 1. The molecular formula is C36H39NO6. The Kier molecular flexibility index (Phi) is 9.29. The molecule has 3 aromatic rings. The third-order valence-corrected chi connectivity index (χ3v) is 8.41. The average Bonchev–Trinajstić information content (AvgIpc) is 3.03. The summed E-state index contributed by atoms with van der Waals surface area (Å²) in [5, 5.41) is 0. The zero-order valence-electron chi connectivity index (χ0n) is 25.5. The zero-order chi connectivity index (χ0) is 30.5. The number of hydrogen-bond acceptors (Lipinski definition) is 7. The SMILES string of the molecule is CC[C@H](C)OC(=O)C1C(C)=NC2=C(C(=O)C[C@H](c3ccc(OC)c(OC)c3)C2)[C@H]1c1ccccc1OCc1ccccc1. The van der Waals surface area contributed by atoms with Gasteiger partial charge in [-0.3, -0.25) is 14.6 Å². The Morgan fingerprint density at radius 1 is 0.930 bits per heavy atom. The number of benzene rings is 3. The van der Waals surface area contributed by atoms with Crippen molar-refractivity contribution in [1.82, 2.24) is 0 Å². The highest BCUT2D eigenvalue weighted by molar-refractivity contribution is 6.09. The van der Waals surface area contributed by atoms with E-state index in [1.807, 2.05) is 93.6 Å². The largest absolute Gasteiger partial charge is 0.493 e. The number of carbonyl (C=O) groups excluding carboxylic acids is 2. The van der Waals surface area contributed by atoms with Crippen LogP contribution in [0.4, 0.5) is 0 Å². The quantitative estimate of drug-likeness (QED) is 0.236. The first-order valence-electron chi connectivity index (χ1n) is 14.8. The first-order chi connectivity index (χ1) is 20.8. The first-order valence-corrected chi connectivity index (χ1v) is 14.8. The molecule has 0 bridgehead atoms. The van der Waals surface area contributed by atoms with E-state index in [9.17, 15) is 9.59 Å². The highest BCUT2D eigenvalue weighted by atomic mass is 16.5. The monoisotopic (exact) mass is 581 g/mol. The number of aliphatic imine (C=N–C) groups is 1. The summed E-state index contributed by atoms with van der Waals surface area (Å²) in [6.07, 6.45) is 1.29. The van der Waals surface area contributed by atoms with Crippen LogP contribution in [0.1, 0.15) is 68.6 Å². The van der Waals surface area contributed by atoms with E-state index < -0.39 is 11.8 Å². The van der Waals surface area contributed by atoms with Gasteiger partial charge in [-0.25, -0.2) is 0 Å². The molecule has 1 heterocycles. The van der Waals surface area contributed by atoms with Gasteiger partial charge < -0.3 is 18.9 Å². The Morgan fingerprint density at radius 2 is 1.65 bits per heavy atom. The lowest BCUT2D eigenvalue weighted by atomic mass is 9.69. The van der Waals surface area contributed by atoms with Gasteiger partial charge in [0.1, 0.15) is 18.3 Å². The Balaban J connectivity index is 1.56. The molecule has 1 unspecified atom stereocenters. The van der Waals surface area contributed by atoms with Crippen LogP contribution in [0.5, 0.6) is 17.2 Å². The van der Waals surface area contributed by atoms with Crippen molar-refractivity contribution in [1.29, 1.82) is 0 Å². The molecule has 7 heteroatoms. The van der Waals surface area contributed by atoms with E-state index in [1.165, 1.54) is 0 Å². The van der Waals surface area contributed by atoms with Gasteiger partial charge in [0.05, 0.1) is 20.3 Å². The Morgan fingerprint density at radius 3 is 2.37 bits per heavy atom. The molecule has 0 spiro atoms. The van der Waals surface area contributed by atoms with Gasteiger partial charge in [0.2, 0.25) is 0 Å². The molecule has 0 saturated carbocycles. The van der Waals surface area contributed by atoms with Gasteiger partial charge in [-0.2, -0.15) is 0 Å². The van der Waals surface area contributed by atoms with Crippen molar-refractivity contribution in [2.45, 2.75) is 64.6 Å². The number of methoxy groups -OCH3 is 2. The first kappa shape index (κ1) is 30.1. The number of hydrogen-bond donors (Lipinski definition) is 0. The number of allylic oxidation sites excluding steroid dienone is 2. The maximum Gasteiger partial charge on any atom is 0.315 e. The summed E-state index contributed by atoms with van der Waals surface area (Å²) in [6.45, 7) is 6.07. The summed E-state index contributed by atoms with van der Waals surface area (Å²) >= 11 is 0. The molecule has 5 rings (SSSR count). The van der Waals surface area contributed by atoms with Crippen molar-refractivity contribution in [3.63, 3.8) is 0 Å². The minimum Gasteiger partial charge on any atom is -0.493 e. The third-order valence-electron chi connectivity index (χ3n) is 8.41. The van der Waals surface area contributed by atoms with Gasteiger partial charge in [-0.05, 0) is 61.9 Å². The molecule has 0 aromatic heterocycles. The third kappa shape index (κ3) is 6.36. The Bertz CT molecular complexity index is 1540. The second-order valence-corrected chi connectivity index (χ2v) is 11.2. The lowest BCUT2D eigenvalue weighted by Gasteiger charge is -2.37. The van der Waals surface area contributed by atoms with Crippen LogP contribution in [-0.2, 0) is 20.9 Å². The van der Waals surface area contributed by atoms with Gasteiger partial charge in [0.15, 0.2) is 17.3 Å². The van der Waals surface area contributed by atoms with Crippen molar-refractivity contribution in [3.05, 3.63) is 101 Å². The summed E-state index contributed by atoms with van der Waals surface area (Å²) in [7, 11) is 3.20. The van der Waals surface area contributed by atoms with Crippen molar-refractivity contribution in [2.24, 2.45) is 10.9 Å². The second kappa shape index (κ2) is 13.3. The average molecular weight is 582 g/mol. The number of ketones is 1. The Labute approximate surface area is 253 Å². The van der Waals surface area contributed by atoms with Crippen LogP contribution in [0.15, 0.2) is 89.1 Å². The molecule has 7 nitrogen and oxygen atoms in total. The van der Waals surface area contributed by atoms with Crippen LogP contribution in [0.3, 0.4) is 0 Å². The molecule has 0 N–H and O–H groups in total. The van der Waals surface area contributed by atoms with Crippen molar-refractivity contribution >= 4 is 17.5 Å². The van der Waals surface area contributed by atoms with Crippen molar-refractivity contribution in [3.8, 4) is 17.2 Å². The van der Waals surface area contributed by atoms with Crippen molar-refractivity contribution in [2.75, 3.05) is 14.2 Å². The predicted molar refractivity (Wildman–Crippen MR) is 166 cm³/mol. The summed E-state index contributed by atoms with van der Waals surface area (Å²) in [4.78, 5) is 32.8. The molecule has 0 radical (unpaired) electrons. The fraction of sp³-hybridized carbons (Fsp3) is 0.361. The minimum absolute atomic E-state index is 0.0264. The van der Waals surface area contributed by atoms with Crippen LogP contribution in [0.25, 0.3) is 0 Å². The Hall–Kier alpha value is -4.39. The molecule has 1 aliphatic carbocycles. The van der Waals surface area contributed by atoms with E-state index in [2.05, 4.69) is 0 Å². The smallest absolute Gasteiger partial charge is 0.315 e. The van der Waals surface area contributed by atoms with Crippen LogP contribution in [-0.4, -0.2) is 37.8 Å². The van der Waals surface area contributed by atoms with Gasteiger partial charge in [-0.1, -0.05) is 61.5 Å². The maximum atomic E-state index is 14.1. The minimum atomic E-state index is -0.740. The molecule has 0 fully saturated rings. The zero-order valence-corrected chi connectivity index (χ0v) is 25.5. The van der Waals surface area contributed by atoms with E-state index >= 15 is 0 Å². The predicted octanol–water partition coefficient (Wildman–Crippen LogP) is 7.20. The fourth-order valence-electron chi connectivity index (χ4n) is 6.00.